The van der Waals surface area contributed by atoms with Crippen LogP contribution in [0.15, 0.2) is 21.3 Å². The number of aryl methyl sites for hydroxylation is 2. The van der Waals surface area contributed by atoms with Crippen LogP contribution in [0.4, 0.5) is 0 Å². The van der Waals surface area contributed by atoms with E-state index >= 15 is 0 Å². The summed E-state index contributed by atoms with van der Waals surface area (Å²) in [6, 6.07) is 3.71. The Hall–Kier alpha value is -2.87. The maximum absolute atomic E-state index is 12.6. The smallest absolute Gasteiger partial charge is 0.339 e. The zero-order valence-electron chi connectivity index (χ0n) is 18.0. The fraction of sp³-hybridized carbons (Fsp3) is 0.500. The lowest BCUT2D eigenvalue weighted by Crippen LogP contribution is -2.41. The number of fused-ring (bicyclic) bond motifs is 1. The number of hydrogen-bond acceptors (Lipinski definition) is 6. The van der Waals surface area contributed by atoms with E-state index in [9.17, 15) is 9.59 Å². The second-order valence-corrected chi connectivity index (χ2v) is 7.68. The second kappa shape index (κ2) is 10.2. The summed E-state index contributed by atoms with van der Waals surface area (Å²) >= 11 is 0. The molecule has 3 N–H and O–H groups in total. The van der Waals surface area contributed by atoms with E-state index in [1.807, 2.05) is 26.0 Å². The lowest BCUT2D eigenvalue weighted by Gasteiger charge is -2.23. The number of amides is 1. The van der Waals surface area contributed by atoms with Gasteiger partial charge in [0.25, 0.3) is 11.9 Å². The summed E-state index contributed by atoms with van der Waals surface area (Å²) < 4.78 is 11.3. The Morgan fingerprint density at radius 1 is 1.23 bits per heavy atom. The number of carboxylic acids is 1. The third kappa shape index (κ3) is 6.06. The molecule has 8 nitrogen and oxygen atoms in total. The van der Waals surface area contributed by atoms with Gasteiger partial charge in [-0.15, -0.1) is 0 Å². The van der Waals surface area contributed by atoms with E-state index in [0.717, 1.165) is 49.2 Å². The molecule has 0 radical (unpaired) electrons. The monoisotopic (exact) mass is 418 g/mol. The molecule has 3 rings (SSSR count). The van der Waals surface area contributed by atoms with Crippen LogP contribution < -0.4 is 16.1 Å². The van der Waals surface area contributed by atoms with E-state index < -0.39 is 5.97 Å². The van der Waals surface area contributed by atoms with Gasteiger partial charge in [0, 0.05) is 31.6 Å². The van der Waals surface area contributed by atoms with Crippen molar-refractivity contribution < 1.29 is 23.8 Å². The number of carbonyl (C=O) groups excluding carboxylic acids is 1. The zero-order valence-corrected chi connectivity index (χ0v) is 18.0. The van der Waals surface area contributed by atoms with Crippen LogP contribution in [0.25, 0.3) is 11.0 Å². The fourth-order valence-corrected chi connectivity index (χ4v) is 3.43. The highest BCUT2D eigenvalue weighted by molar-refractivity contribution is 5.88. The molecule has 0 saturated carbocycles. The Balaban J connectivity index is 0.000000735. The molecule has 164 valence electrons. The van der Waals surface area contributed by atoms with Gasteiger partial charge in [0.05, 0.1) is 5.39 Å². The fourth-order valence-electron chi connectivity index (χ4n) is 3.43. The molecular weight excluding hydrogens is 388 g/mol. The summed E-state index contributed by atoms with van der Waals surface area (Å²) in [5.74, 6) is -0.333. The highest BCUT2D eigenvalue weighted by Gasteiger charge is 2.21. The number of nitrogens with two attached hydrogens (primary N) is 1. The second-order valence-electron chi connectivity index (χ2n) is 7.68. The Bertz CT molecular complexity index is 978. The van der Waals surface area contributed by atoms with E-state index in [-0.39, 0.29) is 24.2 Å². The topological polar surface area (TPSA) is 123 Å². The minimum Gasteiger partial charge on any atom is -0.483 e. The Kier molecular flexibility index (Phi) is 8.00. The van der Waals surface area contributed by atoms with Gasteiger partial charge in [0.15, 0.2) is 6.61 Å². The van der Waals surface area contributed by atoms with Gasteiger partial charge in [-0.25, -0.2) is 4.79 Å². The number of carbonyl (C=O) groups is 2. The summed E-state index contributed by atoms with van der Waals surface area (Å²) in [4.78, 5) is 35.3. The minimum absolute atomic E-state index is 0.0282. The zero-order chi connectivity index (χ0) is 22.4. The number of likely N-dealkylation sites (tertiary alicyclic amines) is 1. The number of ether oxygens (including phenoxy) is 1. The van der Waals surface area contributed by atoms with Crippen molar-refractivity contribution in [3.05, 3.63) is 39.2 Å². The Morgan fingerprint density at radius 3 is 2.57 bits per heavy atom. The number of hydrogen-bond donors (Lipinski definition) is 2. The quantitative estimate of drug-likeness (QED) is 0.734. The molecule has 0 aliphatic carbocycles. The average Bonchev–Trinajstić information content (AvgIpc) is 2.87. The molecule has 1 atom stereocenters. The molecule has 1 aliphatic heterocycles. The van der Waals surface area contributed by atoms with Gasteiger partial charge < -0.3 is 24.9 Å². The average molecular weight is 418 g/mol. The first kappa shape index (κ1) is 23.4. The summed E-state index contributed by atoms with van der Waals surface area (Å²) in [7, 11) is 0. The molecule has 1 saturated heterocycles. The highest BCUT2D eigenvalue weighted by Crippen LogP contribution is 2.30. The van der Waals surface area contributed by atoms with Crippen LogP contribution in [-0.2, 0) is 9.59 Å². The van der Waals surface area contributed by atoms with Gasteiger partial charge >= 0.3 is 5.63 Å². The lowest BCUT2D eigenvalue weighted by atomic mass is 10.0. The normalized spacial score (nSPS) is 16.4. The van der Waals surface area contributed by atoms with Crippen molar-refractivity contribution in [2.45, 2.75) is 53.0 Å². The molecule has 0 spiro atoms. The Morgan fingerprint density at radius 2 is 1.90 bits per heavy atom. The summed E-state index contributed by atoms with van der Waals surface area (Å²) in [5, 5.41) is 8.16. The van der Waals surface area contributed by atoms with Crippen LogP contribution in [0.3, 0.4) is 0 Å². The van der Waals surface area contributed by atoms with Gasteiger partial charge in [0.1, 0.15) is 11.3 Å². The number of carboxylic acid groups (broad SMARTS) is 1. The SMILES string of the molecule is CC(=O)O.Cc1cc(OCC(=O)N2CCCCC(N)C2)c2c(C)c(C)c(=O)oc2c1. The first-order valence-electron chi connectivity index (χ1n) is 10.0. The van der Waals surface area contributed by atoms with Crippen molar-refractivity contribution in [3.63, 3.8) is 0 Å². The molecule has 1 amide bonds. The van der Waals surface area contributed by atoms with Gasteiger partial charge in [-0.1, -0.05) is 6.42 Å². The van der Waals surface area contributed by atoms with Gasteiger partial charge in [0.2, 0.25) is 0 Å². The molecule has 1 unspecified atom stereocenters. The van der Waals surface area contributed by atoms with E-state index in [4.69, 9.17) is 24.8 Å². The van der Waals surface area contributed by atoms with E-state index in [1.165, 1.54) is 0 Å². The van der Waals surface area contributed by atoms with Crippen molar-refractivity contribution in [1.82, 2.24) is 4.90 Å². The largest absolute Gasteiger partial charge is 0.483 e. The lowest BCUT2D eigenvalue weighted by molar-refractivity contribution is -0.134. The van der Waals surface area contributed by atoms with Crippen LogP contribution in [0.5, 0.6) is 5.75 Å². The van der Waals surface area contributed by atoms with Crippen LogP contribution in [0.1, 0.15) is 42.9 Å². The predicted molar refractivity (Wildman–Crippen MR) is 114 cm³/mol. The summed E-state index contributed by atoms with van der Waals surface area (Å²) in [5.41, 5.74) is 8.45. The van der Waals surface area contributed by atoms with Crippen LogP contribution in [0.2, 0.25) is 0 Å². The first-order valence-corrected chi connectivity index (χ1v) is 10.0. The highest BCUT2D eigenvalue weighted by atomic mass is 16.5. The van der Waals surface area contributed by atoms with E-state index in [2.05, 4.69) is 0 Å². The molecule has 1 aromatic heterocycles. The molecule has 1 aliphatic rings. The molecule has 8 heteroatoms. The maximum atomic E-state index is 12.6. The number of benzene rings is 1. The van der Waals surface area contributed by atoms with Gasteiger partial charge in [-0.05, 0) is 56.9 Å². The molecular formula is C22H30N2O6. The number of nitrogens with zero attached hydrogens (tertiary/aromatic N) is 1. The Labute approximate surface area is 175 Å². The molecule has 1 aromatic carbocycles. The number of rotatable bonds is 3. The van der Waals surface area contributed by atoms with Crippen LogP contribution >= 0.6 is 0 Å². The standard InChI is InChI=1S/C20H26N2O4.C2H4O2/c1-12-8-16(19-13(2)14(3)20(24)26-17(19)9-12)25-11-18(23)22-7-5-4-6-15(21)10-22;1-2(3)4/h8-9,15H,4-7,10-11,21H2,1-3H3;1H3,(H,3,4). The van der Waals surface area contributed by atoms with Crippen molar-refractivity contribution in [1.29, 1.82) is 0 Å². The predicted octanol–water partition coefficient (Wildman–Crippen LogP) is 2.53. The van der Waals surface area contributed by atoms with Gasteiger partial charge in [-0.3, -0.25) is 9.59 Å². The van der Waals surface area contributed by atoms with Crippen LogP contribution in [-0.4, -0.2) is 47.6 Å². The van der Waals surface area contributed by atoms with E-state index in [1.54, 1.807) is 11.8 Å². The van der Waals surface area contributed by atoms with Crippen molar-refractivity contribution in [2.24, 2.45) is 5.73 Å². The number of aliphatic carboxylic acids is 1. The summed E-state index contributed by atoms with van der Waals surface area (Å²) in [6.07, 6.45) is 2.97. The third-order valence-corrected chi connectivity index (χ3v) is 5.07. The molecule has 1 fully saturated rings. The molecule has 2 heterocycles. The van der Waals surface area contributed by atoms with Gasteiger partial charge in [-0.2, -0.15) is 0 Å². The molecule has 2 aromatic rings. The van der Waals surface area contributed by atoms with Crippen molar-refractivity contribution >= 4 is 22.8 Å². The van der Waals surface area contributed by atoms with Crippen LogP contribution in [0, 0.1) is 20.8 Å². The summed E-state index contributed by atoms with van der Waals surface area (Å²) in [6.45, 7) is 7.82. The third-order valence-electron chi connectivity index (χ3n) is 5.07. The minimum atomic E-state index is -0.833. The first-order chi connectivity index (χ1) is 14.1. The van der Waals surface area contributed by atoms with Crippen molar-refractivity contribution in [2.75, 3.05) is 19.7 Å². The van der Waals surface area contributed by atoms with E-state index in [0.29, 0.717) is 23.4 Å². The van der Waals surface area contributed by atoms with Crippen molar-refractivity contribution in [3.8, 4) is 5.75 Å². The molecule has 0 bridgehead atoms. The maximum Gasteiger partial charge on any atom is 0.339 e. The molecule has 30 heavy (non-hydrogen) atoms.